The van der Waals surface area contributed by atoms with Crippen molar-refractivity contribution in [2.45, 2.75) is 13.2 Å². The normalized spacial score (nSPS) is 11.3. The molecular weight excluding hydrogens is 354 g/mol. The van der Waals surface area contributed by atoms with Crippen LogP contribution in [0.1, 0.15) is 5.56 Å². The Morgan fingerprint density at radius 3 is 2.60 bits per heavy atom. The standard InChI is InChI=1S/C17H15ClF2N2O3/c1-21-16(23)11-7-15(24-2)12(18)8-13(11)22(21)9-10-5-3-4-6-14(10)25-17(19)20/h3-8,17H,9H2,1-2H3. The lowest BCUT2D eigenvalue weighted by Crippen LogP contribution is -2.20. The van der Waals surface area contributed by atoms with E-state index in [-0.39, 0.29) is 17.9 Å². The highest BCUT2D eigenvalue weighted by Crippen LogP contribution is 2.30. The van der Waals surface area contributed by atoms with Crippen molar-refractivity contribution in [3.8, 4) is 11.5 Å². The van der Waals surface area contributed by atoms with Gasteiger partial charge >= 0.3 is 6.61 Å². The quantitative estimate of drug-likeness (QED) is 0.690. The molecule has 0 fully saturated rings. The molecule has 0 aliphatic heterocycles. The lowest BCUT2D eigenvalue weighted by atomic mass is 10.2. The third kappa shape index (κ3) is 3.19. The summed E-state index contributed by atoms with van der Waals surface area (Å²) >= 11 is 6.17. The molecule has 25 heavy (non-hydrogen) atoms. The molecule has 0 unspecified atom stereocenters. The first kappa shape index (κ1) is 17.3. The second kappa shape index (κ2) is 6.76. The van der Waals surface area contributed by atoms with Crippen molar-refractivity contribution in [2.75, 3.05) is 7.11 Å². The molecule has 0 atom stereocenters. The molecular formula is C17H15ClF2N2O3. The number of hydrogen-bond donors (Lipinski definition) is 0. The number of para-hydroxylation sites is 1. The largest absolute Gasteiger partial charge is 0.495 e. The summed E-state index contributed by atoms with van der Waals surface area (Å²) in [5, 5.41) is 0.780. The average molecular weight is 369 g/mol. The van der Waals surface area contributed by atoms with Crippen LogP contribution in [0.3, 0.4) is 0 Å². The summed E-state index contributed by atoms with van der Waals surface area (Å²) in [7, 11) is 3.06. The third-order valence-electron chi connectivity index (χ3n) is 3.94. The molecule has 3 aromatic rings. The maximum Gasteiger partial charge on any atom is 0.387 e. The number of fused-ring (bicyclic) bond motifs is 1. The zero-order valence-corrected chi connectivity index (χ0v) is 14.3. The molecule has 0 aliphatic rings. The molecule has 0 bridgehead atoms. The van der Waals surface area contributed by atoms with E-state index in [4.69, 9.17) is 16.3 Å². The van der Waals surface area contributed by atoms with E-state index >= 15 is 0 Å². The molecule has 2 aromatic carbocycles. The van der Waals surface area contributed by atoms with Crippen molar-refractivity contribution >= 4 is 22.5 Å². The van der Waals surface area contributed by atoms with E-state index in [1.165, 1.54) is 17.9 Å². The number of halogens is 3. The molecule has 3 rings (SSSR count). The summed E-state index contributed by atoms with van der Waals surface area (Å²) < 4.78 is 37.9. The Labute approximate surface area is 146 Å². The highest BCUT2D eigenvalue weighted by molar-refractivity contribution is 6.32. The van der Waals surface area contributed by atoms with Gasteiger partial charge < -0.3 is 9.47 Å². The van der Waals surface area contributed by atoms with Crippen molar-refractivity contribution in [1.29, 1.82) is 0 Å². The van der Waals surface area contributed by atoms with Crippen molar-refractivity contribution < 1.29 is 18.3 Å². The summed E-state index contributed by atoms with van der Waals surface area (Å²) in [5.41, 5.74) is 0.851. The number of alkyl halides is 2. The maximum atomic E-state index is 12.6. The smallest absolute Gasteiger partial charge is 0.387 e. The van der Waals surface area contributed by atoms with Crippen LogP contribution in [0, 0.1) is 0 Å². The van der Waals surface area contributed by atoms with Crippen molar-refractivity contribution in [3.63, 3.8) is 0 Å². The number of benzene rings is 2. The summed E-state index contributed by atoms with van der Waals surface area (Å²) in [4.78, 5) is 12.5. The Bertz CT molecular complexity index is 982. The summed E-state index contributed by atoms with van der Waals surface area (Å²) in [6.45, 7) is -2.76. The highest BCUT2D eigenvalue weighted by atomic mass is 35.5. The van der Waals surface area contributed by atoms with Crippen LogP contribution in [0.5, 0.6) is 11.5 Å². The molecule has 0 saturated carbocycles. The van der Waals surface area contributed by atoms with Gasteiger partial charge in [-0.1, -0.05) is 29.8 Å². The zero-order chi connectivity index (χ0) is 18.1. The topological polar surface area (TPSA) is 45.4 Å². The Hall–Kier alpha value is -2.54. The SMILES string of the molecule is COc1cc2c(=O)n(C)n(Cc3ccccc3OC(F)F)c2cc1Cl. The Kier molecular flexibility index (Phi) is 4.67. The minimum absolute atomic E-state index is 0.0615. The minimum atomic E-state index is -2.93. The van der Waals surface area contributed by atoms with E-state index in [0.717, 1.165) is 0 Å². The summed E-state index contributed by atoms with van der Waals surface area (Å²) in [5.74, 6) is 0.455. The van der Waals surface area contributed by atoms with Crippen LogP contribution < -0.4 is 15.0 Å². The second-order valence-corrected chi connectivity index (χ2v) is 5.78. The van der Waals surface area contributed by atoms with Crippen LogP contribution in [0.4, 0.5) is 8.78 Å². The molecule has 5 nitrogen and oxygen atoms in total. The first-order valence-electron chi connectivity index (χ1n) is 7.38. The molecule has 0 aliphatic carbocycles. The predicted octanol–water partition coefficient (Wildman–Crippen LogP) is 3.65. The van der Waals surface area contributed by atoms with Crippen molar-refractivity contribution in [3.05, 3.63) is 57.3 Å². The first-order valence-corrected chi connectivity index (χ1v) is 7.76. The van der Waals surface area contributed by atoms with Crippen LogP contribution in [-0.2, 0) is 13.6 Å². The Morgan fingerprint density at radius 2 is 1.92 bits per heavy atom. The summed E-state index contributed by atoms with van der Waals surface area (Å²) in [6.07, 6.45) is 0. The molecule has 0 saturated heterocycles. The van der Waals surface area contributed by atoms with Gasteiger partial charge in [0.2, 0.25) is 0 Å². The van der Waals surface area contributed by atoms with Gasteiger partial charge in [0.05, 0.1) is 29.6 Å². The monoisotopic (exact) mass is 368 g/mol. The van der Waals surface area contributed by atoms with Gasteiger partial charge in [-0.2, -0.15) is 8.78 Å². The molecule has 1 heterocycles. The van der Waals surface area contributed by atoms with Gasteiger partial charge in [-0.25, -0.2) is 0 Å². The highest BCUT2D eigenvalue weighted by Gasteiger charge is 2.16. The molecule has 0 N–H and O–H groups in total. The van der Waals surface area contributed by atoms with Crippen LogP contribution in [0.2, 0.25) is 5.02 Å². The van der Waals surface area contributed by atoms with E-state index in [1.807, 2.05) is 0 Å². The first-order chi connectivity index (χ1) is 11.9. The van der Waals surface area contributed by atoms with E-state index in [9.17, 15) is 13.6 Å². The third-order valence-corrected chi connectivity index (χ3v) is 4.24. The Morgan fingerprint density at radius 1 is 1.20 bits per heavy atom. The number of nitrogens with zero attached hydrogens (tertiary/aromatic N) is 2. The van der Waals surface area contributed by atoms with E-state index in [2.05, 4.69) is 4.74 Å². The molecule has 1 aromatic heterocycles. The number of hydrogen-bond acceptors (Lipinski definition) is 3. The number of methoxy groups -OCH3 is 1. The molecule has 132 valence electrons. The second-order valence-electron chi connectivity index (χ2n) is 5.38. The van der Waals surface area contributed by atoms with E-state index < -0.39 is 6.61 Å². The maximum absolute atomic E-state index is 12.6. The van der Waals surface area contributed by atoms with Gasteiger partial charge in [-0.15, -0.1) is 0 Å². The lowest BCUT2D eigenvalue weighted by Gasteiger charge is -2.14. The van der Waals surface area contributed by atoms with Gasteiger partial charge in [0.1, 0.15) is 11.5 Å². The molecule has 0 radical (unpaired) electrons. The van der Waals surface area contributed by atoms with Crippen LogP contribution in [-0.4, -0.2) is 23.1 Å². The fraction of sp³-hybridized carbons (Fsp3) is 0.235. The van der Waals surface area contributed by atoms with Gasteiger partial charge in [-0.3, -0.25) is 14.2 Å². The number of aromatic nitrogens is 2. The fourth-order valence-electron chi connectivity index (χ4n) is 2.73. The van der Waals surface area contributed by atoms with Gasteiger partial charge in [0, 0.05) is 12.6 Å². The van der Waals surface area contributed by atoms with Crippen molar-refractivity contribution in [1.82, 2.24) is 9.36 Å². The number of ether oxygens (including phenoxy) is 2. The molecule has 0 amide bonds. The predicted molar refractivity (Wildman–Crippen MR) is 90.9 cm³/mol. The van der Waals surface area contributed by atoms with Gasteiger partial charge in [0.15, 0.2) is 0 Å². The van der Waals surface area contributed by atoms with E-state index in [1.54, 1.807) is 42.1 Å². The fourth-order valence-corrected chi connectivity index (χ4v) is 2.96. The molecule has 8 heteroatoms. The summed E-state index contributed by atoms with van der Waals surface area (Å²) in [6, 6.07) is 9.63. The van der Waals surface area contributed by atoms with E-state index in [0.29, 0.717) is 27.2 Å². The minimum Gasteiger partial charge on any atom is -0.495 e. The van der Waals surface area contributed by atoms with Gasteiger partial charge in [-0.05, 0) is 18.2 Å². The van der Waals surface area contributed by atoms with Crippen LogP contribution >= 0.6 is 11.6 Å². The lowest BCUT2D eigenvalue weighted by molar-refractivity contribution is -0.0505. The van der Waals surface area contributed by atoms with Crippen LogP contribution in [0.15, 0.2) is 41.2 Å². The number of rotatable bonds is 5. The van der Waals surface area contributed by atoms with Crippen LogP contribution in [0.25, 0.3) is 10.9 Å². The molecule has 0 spiro atoms. The van der Waals surface area contributed by atoms with Gasteiger partial charge in [0.25, 0.3) is 5.56 Å². The Balaban J connectivity index is 2.13. The van der Waals surface area contributed by atoms with Crippen molar-refractivity contribution in [2.24, 2.45) is 7.05 Å². The average Bonchev–Trinajstić information content (AvgIpc) is 2.80. The zero-order valence-electron chi connectivity index (χ0n) is 13.5.